The molecule has 3 aromatic rings. The molecule has 3 unspecified atom stereocenters. The number of ether oxygens (including phenoxy) is 1. The van der Waals surface area contributed by atoms with E-state index in [9.17, 15) is 4.79 Å². The Kier molecular flexibility index (Phi) is 4.49. The fourth-order valence-corrected chi connectivity index (χ4v) is 4.38. The normalized spacial score (nSPS) is 24.1. The number of hydrogen-bond donors (Lipinski definition) is 2. The highest BCUT2D eigenvalue weighted by atomic mass is 16.5. The van der Waals surface area contributed by atoms with Crippen LogP contribution in [0.5, 0.6) is 0 Å². The van der Waals surface area contributed by atoms with Gasteiger partial charge in [-0.3, -0.25) is 0 Å². The van der Waals surface area contributed by atoms with E-state index in [1.165, 1.54) is 0 Å². The molecule has 1 aliphatic heterocycles. The minimum absolute atomic E-state index is 0.160. The summed E-state index contributed by atoms with van der Waals surface area (Å²) < 4.78 is 11.6. The van der Waals surface area contributed by atoms with Crippen molar-refractivity contribution in [2.75, 3.05) is 11.9 Å². The van der Waals surface area contributed by atoms with E-state index in [0.29, 0.717) is 17.9 Å². The molecule has 2 fully saturated rings. The molecule has 2 aliphatic rings. The zero-order valence-electron chi connectivity index (χ0n) is 15.6. The van der Waals surface area contributed by atoms with Crippen LogP contribution in [0.15, 0.2) is 52.9 Å². The summed E-state index contributed by atoms with van der Waals surface area (Å²) in [6.45, 7) is 0.812. The number of benzene rings is 2. The zero-order valence-corrected chi connectivity index (χ0v) is 15.6. The molecule has 1 aromatic heterocycles. The smallest absolute Gasteiger partial charge is 0.319 e. The Hall–Kier alpha value is -2.86. The van der Waals surface area contributed by atoms with Crippen molar-refractivity contribution in [1.29, 1.82) is 0 Å². The van der Waals surface area contributed by atoms with E-state index in [1.54, 1.807) is 0 Å². The maximum absolute atomic E-state index is 12.4. The van der Waals surface area contributed by atoms with Crippen LogP contribution in [0.4, 0.5) is 10.5 Å². The second-order valence-corrected chi connectivity index (χ2v) is 7.56. The van der Waals surface area contributed by atoms with Gasteiger partial charge in [-0.2, -0.15) is 0 Å². The number of para-hydroxylation sites is 2. The standard InChI is InChI=1S/C22H23N3O3/c26-22(25-17-5-3-7-19-16(17)12-13-27-19)23-15-10-8-14(9-11-15)21-24-18-4-1-2-6-20(18)28-21/h1-2,4,6,8-11,16-17,19H,3,5,7,12-13H2,(H2,23,25,26). The molecule has 2 N–H and O–H groups in total. The van der Waals surface area contributed by atoms with E-state index in [2.05, 4.69) is 15.6 Å². The van der Waals surface area contributed by atoms with Gasteiger partial charge in [-0.05, 0) is 62.1 Å². The molecule has 6 heteroatoms. The Labute approximate surface area is 163 Å². The number of carbonyl (C=O) groups excluding carboxylic acids is 1. The van der Waals surface area contributed by atoms with Gasteiger partial charge >= 0.3 is 6.03 Å². The number of anilines is 1. The lowest BCUT2D eigenvalue weighted by atomic mass is 9.82. The van der Waals surface area contributed by atoms with Crippen molar-refractivity contribution in [2.24, 2.45) is 5.92 Å². The van der Waals surface area contributed by atoms with Crippen molar-refractivity contribution in [1.82, 2.24) is 10.3 Å². The molecule has 6 nitrogen and oxygen atoms in total. The predicted molar refractivity (Wildman–Crippen MR) is 107 cm³/mol. The summed E-state index contributed by atoms with van der Waals surface area (Å²) in [7, 11) is 0. The summed E-state index contributed by atoms with van der Waals surface area (Å²) in [5.74, 6) is 1.02. The monoisotopic (exact) mass is 377 g/mol. The topological polar surface area (TPSA) is 76.4 Å². The maximum Gasteiger partial charge on any atom is 0.319 e. The fourth-order valence-electron chi connectivity index (χ4n) is 4.38. The summed E-state index contributed by atoms with van der Waals surface area (Å²) in [6, 6.07) is 15.3. The predicted octanol–water partition coefficient (Wildman–Crippen LogP) is 4.57. The molecule has 28 heavy (non-hydrogen) atoms. The average Bonchev–Trinajstić information content (AvgIpc) is 3.36. The highest BCUT2D eigenvalue weighted by Crippen LogP contribution is 2.34. The highest BCUT2D eigenvalue weighted by Gasteiger charge is 2.38. The number of aromatic nitrogens is 1. The van der Waals surface area contributed by atoms with Gasteiger partial charge in [-0.25, -0.2) is 9.78 Å². The van der Waals surface area contributed by atoms with Crippen LogP contribution >= 0.6 is 0 Å². The van der Waals surface area contributed by atoms with Crippen molar-refractivity contribution in [3.05, 3.63) is 48.5 Å². The molecule has 144 valence electrons. The van der Waals surface area contributed by atoms with Crippen LogP contribution in [0.1, 0.15) is 25.7 Å². The number of hydrogen-bond acceptors (Lipinski definition) is 4. The van der Waals surface area contributed by atoms with E-state index in [1.807, 2.05) is 48.5 Å². The first kappa shape index (κ1) is 17.3. The third kappa shape index (κ3) is 3.36. The molecule has 0 bridgehead atoms. The molecule has 0 spiro atoms. The third-order valence-corrected chi connectivity index (χ3v) is 5.78. The molecule has 1 aliphatic carbocycles. The van der Waals surface area contributed by atoms with E-state index in [0.717, 1.165) is 54.6 Å². The van der Waals surface area contributed by atoms with Gasteiger partial charge in [-0.1, -0.05) is 12.1 Å². The SMILES string of the molecule is O=C(Nc1ccc(-c2nc3ccccc3o2)cc1)NC1CCCC2OCCC12. The molecule has 1 saturated carbocycles. The van der Waals surface area contributed by atoms with Crippen molar-refractivity contribution in [3.63, 3.8) is 0 Å². The average molecular weight is 377 g/mol. The molecule has 1 saturated heterocycles. The van der Waals surface area contributed by atoms with Gasteiger partial charge in [0.1, 0.15) is 5.52 Å². The van der Waals surface area contributed by atoms with Gasteiger partial charge in [0.15, 0.2) is 5.58 Å². The molecule has 3 atom stereocenters. The molecule has 0 radical (unpaired) electrons. The molecular formula is C22H23N3O3. The lowest BCUT2D eigenvalue weighted by Crippen LogP contribution is -2.47. The number of nitrogens with zero attached hydrogens (tertiary/aromatic N) is 1. The number of carbonyl (C=O) groups is 1. The number of fused-ring (bicyclic) bond motifs is 2. The van der Waals surface area contributed by atoms with Crippen molar-refractivity contribution >= 4 is 22.8 Å². The van der Waals surface area contributed by atoms with Crippen molar-refractivity contribution in [2.45, 2.75) is 37.8 Å². The van der Waals surface area contributed by atoms with Gasteiger partial charge in [0.25, 0.3) is 0 Å². The van der Waals surface area contributed by atoms with E-state index in [-0.39, 0.29) is 12.1 Å². The van der Waals surface area contributed by atoms with Gasteiger partial charge < -0.3 is 19.8 Å². The number of rotatable bonds is 3. The lowest BCUT2D eigenvalue weighted by molar-refractivity contribution is 0.0553. The Morgan fingerprint density at radius 3 is 2.75 bits per heavy atom. The first-order chi connectivity index (χ1) is 13.8. The van der Waals surface area contributed by atoms with Gasteiger partial charge in [0, 0.05) is 29.8 Å². The van der Waals surface area contributed by atoms with Crippen molar-refractivity contribution in [3.8, 4) is 11.5 Å². The Balaban J connectivity index is 1.24. The van der Waals surface area contributed by atoms with Crippen LogP contribution in [0.25, 0.3) is 22.6 Å². The first-order valence-corrected chi connectivity index (χ1v) is 9.91. The summed E-state index contributed by atoms with van der Waals surface area (Å²) in [5.41, 5.74) is 3.22. The number of oxazole rings is 1. The molecule has 5 rings (SSSR count). The minimum Gasteiger partial charge on any atom is -0.436 e. The van der Waals surface area contributed by atoms with Crippen LogP contribution in [-0.2, 0) is 4.74 Å². The van der Waals surface area contributed by atoms with Gasteiger partial charge in [0.05, 0.1) is 6.10 Å². The number of urea groups is 1. The lowest BCUT2D eigenvalue weighted by Gasteiger charge is -2.33. The molecular weight excluding hydrogens is 354 g/mol. The van der Waals surface area contributed by atoms with Crippen molar-refractivity contribution < 1.29 is 13.9 Å². The zero-order chi connectivity index (χ0) is 18.9. The Bertz CT molecular complexity index is 949. The number of amides is 2. The molecule has 2 amide bonds. The van der Waals surface area contributed by atoms with Crippen LogP contribution in [0, 0.1) is 5.92 Å². The van der Waals surface area contributed by atoms with E-state index in [4.69, 9.17) is 9.15 Å². The van der Waals surface area contributed by atoms with Crippen LogP contribution in [0.2, 0.25) is 0 Å². The van der Waals surface area contributed by atoms with E-state index >= 15 is 0 Å². The highest BCUT2D eigenvalue weighted by molar-refractivity contribution is 5.89. The first-order valence-electron chi connectivity index (χ1n) is 9.91. The van der Waals surface area contributed by atoms with Crippen LogP contribution in [-0.4, -0.2) is 29.8 Å². The third-order valence-electron chi connectivity index (χ3n) is 5.78. The molecule has 2 aromatic carbocycles. The molecule has 2 heterocycles. The summed E-state index contributed by atoms with van der Waals surface area (Å²) in [4.78, 5) is 17.0. The second kappa shape index (κ2) is 7.28. The second-order valence-electron chi connectivity index (χ2n) is 7.56. The summed E-state index contributed by atoms with van der Waals surface area (Å²) >= 11 is 0. The van der Waals surface area contributed by atoms with Crippen LogP contribution < -0.4 is 10.6 Å². The van der Waals surface area contributed by atoms with Crippen LogP contribution in [0.3, 0.4) is 0 Å². The summed E-state index contributed by atoms with van der Waals surface area (Å²) in [5, 5.41) is 6.07. The Morgan fingerprint density at radius 1 is 1.04 bits per heavy atom. The largest absolute Gasteiger partial charge is 0.436 e. The maximum atomic E-state index is 12.4. The van der Waals surface area contributed by atoms with Gasteiger partial charge in [-0.15, -0.1) is 0 Å². The quantitative estimate of drug-likeness (QED) is 0.701. The van der Waals surface area contributed by atoms with Gasteiger partial charge in [0.2, 0.25) is 5.89 Å². The Morgan fingerprint density at radius 2 is 1.89 bits per heavy atom. The number of nitrogens with one attached hydrogen (secondary N) is 2. The fraction of sp³-hybridized carbons (Fsp3) is 0.364. The minimum atomic E-state index is -0.160. The summed E-state index contributed by atoms with van der Waals surface area (Å²) in [6.07, 6.45) is 4.59. The van der Waals surface area contributed by atoms with E-state index < -0.39 is 0 Å².